The number of amides is 2. The van der Waals surface area contributed by atoms with Crippen molar-refractivity contribution in [2.45, 2.75) is 32.1 Å². The van der Waals surface area contributed by atoms with Gasteiger partial charge >= 0.3 is 0 Å². The van der Waals surface area contributed by atoms with Crippen molar-refractivity contribution in [3.8, 4) is 6.07 Å². The van der Waals surface area contributed by atoms with Crippen LogP contribution in [0.1, 0.15) is 42.5 Å². The van der Waals surface area contributed by atoms with E-state index in [2.05, 4.69) is 43.1 Å². The first-order valence-corrected chi connectivity index (χ1v) is 11.5. The predicted molar refractivity (Wildman–Crippen MR) is 130 cm³/mol. The van der Waals surface area contributed by atoms with Gasteiger partial charge in [-0.15, -0.1) is 0 Å². The number of carbonyl (C=O) groups is 2. The minimum absolute atomic E-state index is 0.0147. The minimum Gasteiger partial charge on any atom is -0.312 e. The van der Waals surface area contributed by atoms with Gasteiger partial charge in [0.05, 0.1) is 17.6 Å². The van der Waals surface area contributed by atoms with Crippen LogP contribution in [0.3, 0.4) is 0 Å². The Hall–Kier alpha value is -3.98. The van der Waals surface area contributed by atoms with Gasteiger partial charge in [-0.3, -0.25) is 14.6 Å². The van der Waals surface area contributed by atoms with Gasteiger partial charge in [0.15, 0.2) is 0 Å². The van der Waals surface area contributed by atoms with Crippen LogP contribution in [-0.4, -0.2) is 29.9 Å². The Morgan fingerprint density at radius 1 is 1.15 bits per heavy atom. The third kappa shape index (κ3) is 3.94. The highest BCUT2D eigenvalue weighted by Gasteiger charge is 2.43. The maximum absolute atomic E-state index is 13.6. The molecule has 3 aromatic rings. The number of nitrogens with zero attached hydrogens (tertiary/aromatic N) is 4. The Labute approximate surface area is 199 Å². The van der Waals surface area contributed by atoms with Gasteiger partial charge in [0.1, 0.15) is 0 Å². The number of pyridine rings is 1. The van der Waals surface area contributed by atoms with Crippen molar-refractivity contribution < 1.29 is 9.59 Å². The molecule has 2 aliphatic heterocycles. The second-order valence-corrected chi connectivity index (χ2v) is 9.77. The number of hydrogen-bond acceptors (Lipinski definition) is 4. The summed E-state index contributed by atoms with van der Waals surface area (Å²) in [4.78, 5) is 34.1. The monoisotopic (exact) mass is 450 g/mol. The molecule has 2 amide bonds. The van der Waals surface area contributed by atoms with Crippen molar-refractivity contribution in [2.24, 2.45) is 5.92 Å². The fourth-order valence-corrected chi connectivity index (χ4v) is 5.06. The van der Waals surface area contributed by atoms with Crippen molar-refractivity contribution >= 4 is 23.2 Å². The number of nitriles is 1. The van der Waals surface area contributed by atoms with Crippen molar-refractivity contribution in [2.75, 3.05) is 22.9 Å². The average molecular weight is 451 g/mol. The molecule has 6 nitrogen and oxygen atoms in total. The first-order chi connectivity index (χ1) is 16.4. The normalized spacial score (nSPS) is 18.6. The molecule has 1 unspecified atom stereocenters. The molecule has 5 rings (SSSR count). The molecule has 1 fully saturated rings. The van der Waals surface area contributed by atoms with E-state index in [0.717, 1.165) is 23.2 Å². The molecule has 0 bridgehead atoms. The van der Waals surface area contributed by atoms with Crippen molar-refractivity contribution in [1.82, 2.24) is 4.98 Å². The van der Waals surface area contributed by atoms with Gasteiger partial charge in [-0.1, -0.05) is 38.1 Å². The average Bonchev–Trinajstić information content (AvgIpc) is 3.36. The number of benzene rings is 2. The number of carbonyl (C=O) groups excluding carboxylic acids is 2. The zero-order valence-electron chi connectivity index (χ0n) is 19.4. The standard InChI is InChI=1S/C28H26N4O2/c1-28(2)18-32(25-9-8-19(13-24(25)28)11-21-6-4-10-30-16-21)27(34)22-14-26(33)31(17-22)23-7-3-5-20(12-23)15-29/h3-10,12-13,16,22H,11,14,17-18H2,1-2H3. The highest BCUT2D eigenvalue weighted by molar-refractivity contribution is 6.05. The number of fused-ring (bicyclic) bond motifs is 1. The first kappa shape index (κ1) is 21.8. The summed E-state index contributed by atoms with van der Waals surface area (Å²) in [5.41, 5.74) is 5.41. The largest absolute Gasteiger partial charge is 0.312 e. The predicted octanol–water partition coefficient (Wildman–Crippen LogP) is 4.22. The molecule has 1 aromatic heterocycles. The molecule has 1 atom stereocenters. The van der Waals surface area contributed by atoms with Crippen LogP contribution in [0, 0.1) is 17.2 Å². The maximum atomic E-state index is 13.6. The maximum Gasteiger partial charge on any atom is 0.232 e. The number of anilines is 2. The summed E-state index contributed by atoms with van der Waals surface area (Å²) in [5, 5.41) is 9.18. The highest BCUT2D eigenvalue weighted by atomic mass is 16.2. The van der Waals surface area contributed by atoms with E-state index in [1.807, 2.05) is 29.3 Å². The van der Waals surface area contributed by atoms with Crippen LogP contribution in [0.15, 0.2) is 67.0 Å². The van der Waals surface area contributed by atoms with E-state index in [0.29, 0.717) is 24.3 Å². The van der Waals surface area contributed by atoms with E-state index >= 15 is 0 Å². The quantitative estimate of drug-likeness (QED) is 0.596. The Bertz CT molecular complexity index is 1310. The zero-order chi connectivity index (χ0) is 23.9. The van der Waals surface area contributed by atoms with E-state index in [9.17, 15) is 14.9 Å². The van der Waals surface area contributed by atoms with E-state index in [-0.39, 0.29) is 23.7 Å². The molecule has 0 saturated carbocycles. The van der Waals surface area contributed by atoms with E-state index < -0.39 is 5.92 Å². The van der Waals surface area contributed by atoms with Crippen LogP contribution >= 0.6 is 0 Å². The summed E-state index contributed by atoms with van der Waals surface area (Å²) in [6.45, 7) is 5.24. The molecule has 0 N–H and O–H groups in total. The summed E-state index contributed by atoms with van der Waals surface area (Å²) >= 11 is 0. The lowest BCUT2D eigenvalue weighted by molar-refractivity contribution is -0.124. The van der Waals surface area contributed by atoms with E-state index in [1.165, 1.54) is 5.56 Å². The number of hydrogen-bond donors (Lipinski definition) is 0. The molecule has 0 radical (unpaired) electrons. The summed E-state index contributed by atoms with van der Waals surface area (Å²) in [6.07, 6.45) is 4.62. The van der Waals surface area contributed by atoms with Crippen LogP contribution in [0.2, 0.25) is 0 Å². The smallest absolute Gasteiger partial charge is 0.232 e. The van der Waals surface area contributed by atoms with Gasteiger partial charge in [-0.05, 0) is 53.4 Å². The van der Waals surface area contributed by atoms with E-state index in [4.69, 9.17) is 0 Å². The Balaban J connectivity index is 1.37. The van der Waals surface area contributed by atoms with Crippen molar-refractivity contribution in [1.29, 1.82) is 5.26 Å². The fourth-order valence-electron chi connectivity index (χ4n) is 5.06. The topological polar surface area (TPSA) is 77.3 Å². The molecule has 0 aliphatic carbocycles. The zero-order valence-corrected chi connectivity index (χ0v) is 19.4. The summed E-state index contributed by atoms with van der Waals surface area (Å²) in [7, 11) is 0. The first-order valence-electron chi connectivity index (χ1n) is 11.5. The molecular weight excluding hydrogens is 424 g/mol. The summed E-state index contributed by atoms with van der Waals surface area (Å²) in [6, 6.07) is 19.4. The Morgan fingerprint density at radius 3 is 2.76 bits per heavy atom. The van der Waals surface area contributed by atoms with Gasteiger partial charge in [-0.2, -0.15) is 5.26 Å². The molecule has 2 aromatic carbocycles. The molecule has 3 heterocycles. The van der Waals surface area contributed by atoms with Crippen molar-refractivity contribution in [3.05, 3.63) is 89.2 Å². The lowest BCUT2D eigenvalue weighted by atomic mass is 9.85. The minimum atomic E-state index is -0.407. The third-order valence-corrected chi connectivity index (χ3v) is 6.79. The molecule has 34 heavy (non-hydrogen) atoms. The molecule has 170 valence electrons. The lowest BCUT2D eigenvalue weighted by Crippen LogP contribution is -2.39. The van der Waals surface area contributed by atoms with Gasteiger partial charge in [-0.25, -0.2) is 0 Å². The van der Waals surface area contributed by atoms with Gasteiger partial charge in [0, 0.05) is 48.7 Å². The Kier molecular flexibility index (Phi) is 5.41. The third-order valence-electron chi connectivity index (χ3n) is 6.79. The van der Waals surface area contributed by atoms with Gasteiger partial charge < -0.3 is 9.80 Å². The second kappa shape index (κ2) is 8.42. The van der Waals surface area contributed by atoms with Crippen LogP contribution in [0.5, 0.6) is 0 Å². The molecule has 6 heteroatoms. The molecule has 0 spiro atoms. The SMILES string of the molecule is CC1(C)CN(C(=O)C2CC(=O)N(c3cccc(C#N)c3)C2)c2ccc(Cc3cccnc3)cc21. The lowest BCUT2D eigenvalue weighted by Gasteiger charge is -2.23. The summed E-state index contributed by atoms with van der Waals surface area (Å²) < 4.78 is 0. The van der Waals surface area contributed by atoms with Crippen LogP contribution in [0.25, 0.3) is 0 Å². The van der Waals surface area contributed by atoms with Gasteiger partial charge in [0.2, 0.25) is 11.8 Å². The second-order valence-electron chi connectivity index (χ2n) is 9.77. The van der Waals surface area contributed by atoms with Crippen LogP contribution in [-0.2, 0) is 21.4 Å². The van der Waals surface area contributed by atoms with Crippen LogP contribution < -0.4 is 9.80 Å². The Morgan fingerprint density at radius 2 is 2.00 bits per heavy atom. The van der Waals surface area contributed by atoms with E-state index in [1.54, 1.807) is 29.3 Å². The van der Waals surface area contributed by atoms with Gasteiger partial charge in [0.25, 0.3) is 0 Å². The molecule has 2 aliphatic rings. The van der Waals surface area contributed by atoms with Crippen molar-refractivity contribution in [3.63, 3.8) is 0 Å². The fraction of sp³-hybridized carbons (Fsp3) is 0.286. The molecular formula is C28H26N4O2. The number of aromatic nitrogens is 1. The molecule has 1 saturated heterocycles. The highest BCUT2D eigenvalue weighted by Crippen LogP contribution is 2.42. The summed E-state index contributed by atoms with van der Waals surface area (Å²) in [5.74, 6) is -0.506. The number of rotatable bonds is 4. The van der Waals surface area contributed by atoms with Crippen LogP contribution in [0.4, 0.5) is 11.4 Å².